The summed E-state index contributed by atoms with van der Waals surface area (Å²) in [5, 5.41) is 9.18. The molecule has 1 amide bonds. The number of thiophene rings is 1. The van der Waals surface area contributed by atoms with Crippen LogP contribution in [0, 0.1) is 6.92 Å². The van der Waals surface area contributed by atoms with Crippen LogP contribution in [0.4, 0.5) is 10.5 Å². The van der Waals surface area contributed by atoms with Gasteiger partial charge in [-0.1, -0.05) is 47.2 Å². The van der Waals surface area contributed by atoms with Crippen molar-refractivity contribution in [2.75, 3.05) is 11.9 Å². The highest BCUT2D eigenvalue weighted by atomic mass is 32.1. The second-order valence-corrected chi connectivity index (χ2v) is 7.53. The van der Waals surface area contributed by atoms with Gasteiger partial charge in [0.2, 0.25) is 5.06 Å². The SMILES string of the molecule is CC(=O)c1cccc(-c2cc(N(C)C(=O)c3ccc(C)cc3)c(OC(=O)O)s2)c1. The number of ether oxygens (including phenoxy) is 1. The lowest BCUT2D eigenvalue weighted by Crippen LogP contribution is -2.26. The van der Waals surface area contributed by atoms with Gasteiger partial charge < -0.3 is 14.7 Å². The topological polar surface area (TPSA) is 83.9 Å². The van der Waals surface area contributed by atoms with Crippen molar-refractivity contribution in [2.24, 2.45) is 0 Å². The van der Waals surface area contributed by atoms with Gasteiger partial charge in [-0.15, -0.1) is 0 Å². The molecule has 0 bridgehead atoms. The van der Waals surface area contributed by atoms with Crippen LogP contribution in [0.15, 0.2) is 54.6 Å². The monoisotopic (exact) mass is 409 g/mol. The van der Waals surface area contributed by atoms with Crippen molar-refractivity contribution < 1.29 is 24.2 Å². The Morgan fingerprint density at radius 3 is 2.31 bits per heavy atom. The maximum atomic E-state index is 12.9. The highest BCUT2D eigenvalue weighted by Crippen LogP contribution is 2.43. The Hall–Kier alpha value is -3.45. The van der Waals surface area contributed by atoms with Gasteiger partial charge in [-0.2, -0.15) is 0 Å². The molecule has 2 aromatic carbocycles. The second kappa shape index (κ2) is 8.28. The number of hydrogen-bond acceptors (Lipinski definition) is 5. The zero-order valence-corrected chi connectivity index (χ0v) is 16.9. The predicted molar refractivity (Wildman–Crippen MR) is 112 cm³/mol. The maximum Gasteiger partial charge on any atom is 0.512 e. The molecular formula is C22H19NO5S. The van der Waals surface area contributed by atoms with Crippen LogP contribution in [0.5, 0.6) is 5.06 Å². The molecule has 0 radical (unpaired) electrons. The number of carbonyl (C=O) groups is 3. The lowest BCUT2D eigenvalue weighted by atomic mass is 10.1. The van der Waals surface area contributed by atoms with E-state index in [1.165, 1.54) is 11.8 Å². The molecule has 0 aliphatic heterocycles. The van der Waals surface area contributed by atoms with Gasteiger partial charge in [0.25, 0.3) is 5.91 Å². The van der Waals surface area contributed by atoms with Gasteiger partial charge in [-0.25, -0.2) is 4.79 Å². The Morgan fingerprint density at radius 1 is 1.00 bits per heavy atom. The molecule has 148 valence electrons. The van der Waals surface area contributed by atoms with Crippen LogP contribution in [0.2, 0.25) is 0 Å². The maximum absolute atomic E-state index is 12.9. The Bertz CT molecular complexity index is 1080. The summed E-state index contributed by atoms with van der Waals surface area (Å²) in [4.78, 5) is 37.7. The van der Waals surface area contributed by atoms with E-state index in [1.807, 2.05) is 25.1 Å². The molecule has 3 rings (SSSR count). The quantitative estimate of drug-likeness (QED) is 0.459. The molecule has 0 saturated carbocycles. The van der Waals surface area contributed by atoms with Gasteiger partial charge in [-0.3, -0.25) is 9.59 Å². The number of aryl methyl sites for hydroxylation is 1. The Kier molecular flexibility index (Phi) is 5.79. The van der Waals surface area contributed by atoms with Crippen LogP contribution >= 0.6 is 11.3 Å². The molecule has 1 N–H and O–H groups in total. The zero-order chi connectivity index (χ0) is 21.1. The Morgan fingerprint density at radius 2 is 1.69 bits per heavy atom. The van der Waals surface area contributed by atoms with Crippen LogP contribution in [-0.2, 0) is 0 Å². The molecule has 7 heteroatoms. The van der Waals surface area contributed by atoms with Gasteiger partial charge in [0.1, 0.15) is 0 Å². The van der Waals surface area contributed by atoms with E-state index >= 15 is 0 Å². The first-order valence-electron chi connectivity index (χ1n) is 8.77. The minimum absolute atomic E-state index is 0.0719. The lowest BCUT2D eigenvalue weighted by molar-refractivity contribution is 0.0989. The van der Waals surface area contributed by atoms with Crippen LogP contribution < -0.4 is 9.64 Å². The van der Waals surface area contributed by atoms with Crippen molar-refractivity contribution >= 4 is 34.9 Å². The van der Waals surface area contributed by atoms with Crippen molar-refractivity contribution in [3.63, 3.8) is 0 Å². The molecule has 0 aliphatic rings. The first kappa shape index (κ1) is 20.3. The molecule has 0 unspecified atom stereocenters. The average Bonchev–Trinajstić information content (AvgIpc) is 3.10. The number of benzene rings is 2. The summed E-state index contributed by atoms with van der Waals surface area (Å²) in [5.74, 6) is -0.362. The second-order valence-electron chi connectivity index (χ2n) is 6.52. The normalized spacial score (nSPS) is 10.4. The fourth-order valence-corrected chi connectivity index (χ4v) is 3.81. The van der Waals surface area contributed by atoms with Crippen molar-refractivity contribution in [2.45, 2.75) is 13.8 Å². The number of carboxylic acid groups (broad SMARTS) is 1. The first-order chi connectivity index (χ1) is 13.8. The van der Waals surface area contributed by atoms with Crippen molar-refractivity contribution in [3.8, 4) is 15.5 Å². The molecule has 29 heavy (non-hydrogen) atoms. The summed E-state index contributed by atoms with van der Waals surface area (Å²) < 4.78 is 4.93. The molecule has 0 fully saturated rings. The van der Waals surface area contributed by atoms with E-state index in [0.717, 1.165) is 22.5 Å². The number of anilines is 1. The third-order valence-corrected chi connectivity index (χ3v) is 5.43. The lowest BCUT2D eigenvalue weighted by Gasteiger charge is -2.17. The van der Waals surface area contributed by atoms with Gasteiger partial charge in [0.05, 0.1) is 5.69 Å². The number of hydrogen-bond donors (Lipinski definition) is 1. The average molecular weight is 409 g/mol. The largest absolute Gasteiger partial charge is 0.512 e. The molecule has 0 atom stereocenters. The summed E-state index contributed by atoms with van der Waals surface area (Å²) in [6.07, 6.45) is -1.46. The van der Waals surface area contributed by atoms with Gasteiger partial charge in [0, 0.05) is 23.1 Å². The highest BCUT2D eigenvalue weighted by Gasteiger charge is 2.23. The third-order valence-electron chi connectivity index (χ3n) is 4.38. The summed E-state index contributed by atoms with van der Waals surface area (Å²) in [7, 11) is 1.56. The Labute approximate surface area is 172 Å². The molecule has 1 heterocycles. The van der Waals surface area contributed by atoms with Crippen LogP contribution in [0.25, 0.3) is 10.4 Å². The van der Waals surface area contributed by atoms with Gasteiger partial charge in [-0.05, 0) is 43.7 Å². The number of carbonyl (C=O) groups excluding carboxylic acids is 2. The third kappa shape index (κ3) is 4.52. The van der Waals surface area contributed by atoms with Crippen molar-refractivity contribution in [3.05, 3.63) is 71.3 Å². The summed E-state index contributed by atoms with van der Waals surface area (Å²) in [6, 6.07) is 15.8. The standard InChI is InChI=1S/C22H19NO5S/c1-13-7-9-15(10-8-13)20(25)23(3)18-12-19(29-21(18)28-22(26)27)17-6-4-5-16(11-17)14(2)24/h4-12H,1-3H3,(H,26,27). The number of amides is 1. The van der Waals surface area contributed by atoms with Crippen LogP contribution in [0.3, 0.4) is 0 Å². The zero-order valence-electron chi connectivity index (χ0n) is 16.1. The van der Waals surface area contributed by atoms with E-state index < -0.39 is 6.16 Å². The first-order valence-corrected chi connectivity index (χ1v) is 9.58. The molecular weight excluding hydrogens is 390 g/mol. The number of ketones is 1. The molecule has 0 spiro atoms. The minimum atomic E-state index is -1.46. The molecule has 3 aromatic rings. The Balaban J connectivity index is 2.02. The summed E-state index contributed by atoms with van der Waals surface area (Å²) >= 11 is 1.10. The summed E-state index contributed by atoms with van der Waals surface area (Å²) in [6.45, 7) is 3.41. The smallest absolute Gasteiger partial charge is 0.449 e. The van der Waals surface area contributed by atoms with E-state index in [4.69, 9.17) is 9.84 Å². The van der Waals surface area contributed by atoms with E-state index in [0.29, 0.717) is 21.7 Å². The van der Waals surface area contributed by atoms with Crippen molar-refractivity contribution in [1.82, 2.24) is 0 Å². The fraction of sp³-hybridized carbons (Fsp3) is 0.136. The molecule has 6 nitrogen and oxygen atoms in total. The molecule has 0 aliphatic carbocycles. The van der Waals surface area contributed by atoms with Crippen LogP contribution in [0.1, 0.15) is 33.2 Å². The molecule has 0 saturated heterocycles. The van der Waals surface area contributed by atoms with Crippen LogP contribution in [-0.4, -0.2) is 30.0 Å². The number of nitrogens with zero attached hydrogens (tertiary/aromatic N) is 1. The van der Waals surface area contributed by atoms with Gasteiger partial charge >= 0.3 is 6.16 Å². The van der Waals surface area contributed by atoms with E-state index in [1.54, 1.807) is 43.4 Å². The predicted octanol–water partition coefficient (Wildman–Crippen LogP) is 5.26. The van der Waals surface area contributed by atoms with E-state index in [2.05, 4.69) is 0 Å². The van der Waals surface area contributed by atoms with Gasteiger partial charge in [0.15, 0.2) is 5.78 Å². The highest BCUT2D eigenvalue weighted by molar-refractivity contribution is 7.18. The number of Topliss-reactive ketones (excluding diaryl/α,β-unsaturated/α-hetero) is 1. The van der Waals surface area contributed by atoms with Crippen molar-refractivity contribution in [1.29, 1.82) is 0 Å². The number of rotatable bonds is 5. The molecule has 1 aromatic heterocycles. The fourth-order valence-electron chi connectivity index (χ4n) is 2.78. The summed E-state index contributed by atoms with van der Waals surface area (Å²) in [5.41, 5.74) is 3.13. The van der Waals surface area contributed by atoms with E-state index in [9.17, 15) is 14.4 Å². The van der Waals surface area contributed by atoms with E-state index in [-0.39, 0.29) is 16.8 Å². The minimum Gasteiger partial charge on any atom is -0.449 e.